The van der Waals surface area contributed by atoms with E-state index in [-0.39, 0.29) is 36.9 Å². The first-order chi connectivity index (χ1) is 3.30. The first kappa shape index (κ1) is 12.2. The molecule has 0 bridgehead atoms. The lowest BCUT2D eigenvalue weighted by molar-refractivity contribution is 0.191. The molecule has 1 fully saturated rings. The van der Waals surface area contributed by atoms with Gasteiger partial charge in [-0.3, -0.25) is 0 Å². The predicted octanol–water partition coefficient (Wildman–Crippen LogP) is -0.485. The Balaban J connectivity index is 0. The van der Waals surface area contributed by atoms with Crippen LogP contribution in [0, 0.1) is 0 Å². The van der Waals surface area contributed by atoms with E-state index in [9.17, 15) is 0 Å². The van der Waals surface area contributed by atoms with Crippen LogP contribution >= 0.6 is 24.8 Å². The molecule has 0 amide bonds. The summed E-state index contributed by atoms with van der Waals surface area (Å²) in [6, 6.07) is 0.139. The molecule has 0 aromatic carbocycles. The molecule has 0 spiro atoms. The molecular formula is C4H12Cl2N2O. The molecule has 0 aromatic heterocycles. The van der Waals surface area contributed by atoms with Gasteiger partial charge in [0.05, 0.1) is 13.2 Å². The van der Waals surface area contributed by atoms with Crippen molar-refractivity contribution in [3.63, 3.8) is 0 Å². The van der Waals surface area contributed by atoms with Crippen molar-refractivity contribution in [1.29, 1.82) is 0 Å². The van der Waals surface area contributed by atoms with E-state index in [1.54, 1.807) is 0 Å². The van der Waals surface area contributed by atoms with Crippen molar-refractivity contribution in [2.75, 3.05) is 13.2 Å². The minimum Gasteiger partial charge on any atom is -0.378 e. The van der Waals surface area contributed by atoms with E-state index in [2.05, 4.69) is 0 Å². The van der Waals surface area contributed by atoms with Gasteiger partial charge in [0.15, 0.2) is 0 Å². The number of hydrogen-bond acceptors (Lipinski definition) is 3. The molecule has 1 heterocycles. The topological polar surface area (TPSA) is 61.3 Å². The van der Waals surface area contributed by atoms with Crippen molar-refractivity contribution >= 4 is 24.8 Å². The molecule has 5 heteroatoms. The second-order valence-electron chi connectivity index (χ2n) is 1.87. The van der Waals surface area contributed by atoms with Gasteiger partial charge in [-0.05, 0) is 0 Å². The van der Waals surface area contributed by atoms with Gasteiger partial charge in [-0.15, -0.1) is 24.8 Å². The number of rotatable bonds is 0. The molecule has 1 rings (SSSR count). The van der Waals surface area contributed by atoms with Gasteiger partial charge in [-0.2, -0.15) is 0 Å². The van der Waals surface area contributed by atoms with Crippen LogP contribution in [-0.2, 0) is 4.74 Å². The molecule has 0 unspecified atom stereocenters. The van der Waals surface area contributed by atoms with E-state index < -0.39 is 0 Å². The normalized spacial score (nSPS) is 32.7. The third-order valence-electron chi connectivity index (χ3n) is 1.17. The van der Waals surface area contributed by atoms with Crippen molar-refractivity contribution in [3.05, 3.63) is 0 Å². The Bertz CT molecular complexity index is 65.6. The van der Waals surface area contributed by atoms with Gasteiger partial charge >= 0.3 is 0 Å². The van der Waals surface area contributed by atoms with Crippen molar-refractivity contribution in [3.8, 4) is 0 Å². The summed E-state index contributed by atoms with van der Waals surface area (Å²) in [5, 5.41) is 0. The number of halogens is 2. The maximum Gasteiger partial charge on any atom is 0.0634 e. The van der Waals surface area contributed by atoms with Gasteiger partial charge in [-0.1, -0.05) is 0 Å². The largest absolute Gasteiger partial charge is 0.378 e. The summed E-state index contributed by atoms with van der Waals surface area (Å²) in [4.78, 5) is 0. The maximum absolute atomic E-state index is 5.43. The Morgan fingerprint density at radius 2 is 1.33 bits per heavy atom. The average molecular weight is 175 g/mol. The molecule has 58 valence electrons. The fraction of sp³-hybridized carbons (Fsp3) is 1.00. The van der Waals surface area contributed by atoms with Crippen LogP contribution in [0.4, 0.5) is 0 Å². The number of hydrogen-bond donors (Lipinski definition) is 2. The highest BCUT2D eigenvalue weighted by Gasteiger charge is 2.19. The molecule has 0 radical (unpaired) electrons. The van der Waals surface area contributed by atoms with Crippen molar-refractivity contribution in [2.45, 2.75) is 12.1 Å². The molecule has 1 aliphatic heterocycles. The Morgan fingerprint density at radius 3 is 1.44 bits per heavy atom. The zero-order valence-electron chi connectivity index (χ0n) is 4.95. The van der Waals surface area contributed by atoms with E-state index in [1.165, 1.54) is 0 Å². The highest BCUT2D eigenvalue weighted by molar-refractivity contribution is 5.85. The second-order valence-corrected chi connectivity index (χ2v) is 1.87. The molecule has 1 aliphatic rings. The van der Waals surface area contributed by atoms with Crippen LogP contribution in [0.25, 0.3) is 0 Å². The van der Waals surface area contributed by atoms with Crippen LogP contribution in [0.3, 0.4) is 0 Å². The molecular weight excluding hydrogens is 163 g/mol. The van der Waals surface area contributed by atoms with Gasteiger partial charge in [0.2, 0.25) is 0 Å². The van der Waals surface area contributed by atoms with Crippen LogP contribution in [0.15, 0.2) is 0 Å². The zero-order chi connectivity index (χ0) is 5.28. The first-order valence-electron chi connectivity index (χ1n) is 2.39. The lowest BCUT2D eigenvalue weighted by Crippen LogP contribution is -2.39. The minimum atomic E-state index is 0. The fourth-order valence-corrected chi connectivity index (χ4v) is 0.587. The molecule has 2 atom stereocenters. The van der Waals surface area contributed by atoms with E-state index in [0.29, 0.717) is 13.2 Å². The molecule has 3 nitrogen and oxygen atoms in total. The van der Waals surface area contributed by atoms with E-state index in [1.807, 2.05) is 0 Å². The quantitative estimate of drug-likeness (QED) is 0.522. The van der Waals surface area contributed by atoms with Gasteiger partial charge in [0.1, 0.15) is 0 Å². The molecule has 0 aromatic rings. The average Bonchev–Trinajstić information content (AvgIpc) is 1.91. The van der Waals surface area contributed by atoms with Gasteiger partial charge in [0, 0.05) is 12.1 Å². The number of nitrogens with two attached hydrogens (primary N) is 2. The standard InChI is InChI=1S/C4H10N2O.2ClH/c5-3-1-7-2-4(3)6;;/h3-4H,1-2,5-6H2;2*1H/t3-,4-;;/m0../s1. The summed E-state index contributed by atoms with van der Waals surface area (Å²) < 4.78 is 4.92. The third kappa shape index (κ3) is 3.23. The summed E-state index contributed by atoms with van der Waals surface area (Å²) >= 11 is 0. The van der Waals surface area contributed by atoms with Crippen molar-refractivity contribution in [1.82, 2.24) is 0 Å². The summed E-state index contributed by atoms with van der Waals surface area (Å²) in [5.74, 6) is 0. The Morgan fingerprint density at radius 1 is 1.00 bits per heavy atom. The number of ether oxygens (including phenoxy) is 1. The molecule has 0 aliphatic carbocycles. The van der Waals surface area contributed by atoms with Crippen LogP contribution in [0.2, 0.25) is 0 Å². The minimum absolute atomic E-state index is 0. The van der Waals surface area contributed by atoms with Crippen molar-refractivity contribution < 1.29 is 4.74 Å². The van der Waals surface area contributed by atoms with Crippen LogP contribution in [0.1, 0.15) is 0 Å². The SMILES string of the molecule is Cl.Cl.N[C@H]1COC[C@@H]1N. The monoisotopic (exact) mass is 174 g/mol. The van der Waals surface area contributed by atoms with Crippen LogP contribution < -0.4 is 11.5 Å². The smallest absolute Gasteiger partial charge is 0.0634 e. The molecule has 4 N–H and O–H groups in total. The van der Waals surface area contributed by atoms with Gasteiger partial charge < -0.3 is 16.2 Å². The van der Waals surface area contributed by atoms with E-state index in [0.717, 1.165) is 0 Å². The highest BCUT2D eigenvalue weighted by Crippen LogP contribution is 1.97. The molecule has 1 saturated heterocycles. The summed E-state index contributed by atoms with van der Waals surface area (Å²) in [5.41, 5.74) is 10.9. The molecule has 0 saturated carbocycles. The van der Waals surface area contributed by atoms with E-state index in [4.69, 9.17) is 16.2 Å². The second kappa shape index (κ2) is 5.26. The predicted molar refractivity (Wildman–Crippen MR) is 41.3 cm³/mol. The lowest BCUT2D eigenvalue weighted by Gasteiger charge is -2.02. The third-order valence-corrected chi connectivity index (χ3v) is 1.17. The Labute approximate surface area is 66.9 Å². The maximum atomic E-state index is 5.43. The zero-order valence-corrected chi connectivity index (χ0v) is 6.58. The van der Waals surface area contributed by atoms with E-state index >= 15 is 0 Å². The lowest BCUT2D eigenvalue weighted by atomic mass is 10.2. The van der Waals surface area contributed by atoms with Gasteiger partial charge in [0.25, 0.3) is 0 Å². The van der Waals surface area contributed by atoms with Crippen molar-refractivity contribution in [2.24, 2.45) is 11.5 Å². The summed E-state index contributed by atoms with van der Waals surface area (Å²) in [6.07, 6.45) is 0. The first-order valence-corrected chi connectivity index (χ1v) is 2.39. The molecule has 9 heavy (non-hydrogen) atoms. The van der Waals surface area contributed by atoms with Crippen LogP contribution in [0.5, 0.6) is 0 Å². The van der Waals surface area contributed by atoms with Gasteiger partial charge in [-0.25, -0.2) is 0 Å². The Kier molecular flexibility index (Phi) is 7.11. The fourth-order valence-electron chi connectivity index (χ4n) is 0.587. The summed E-state index contributed by atoms with van der Waals surface area (Å²) in [6.45, 7) is 1.25. The Hall–Kier alpha value is 0.460. The van der Waals surface area contributed by atoms with Crippen LogP contribution in [-0.4, -0.2) is 25.3 Å². The summed E-state index contributed by atoms with van der Waals surface area (Å²) in [7, 11) is 0. The highest BCUT2D eigenvalue weighted by atomic mass is 35.5.